The van der Waals surface area contributed by atoms with E-state index in [1.165, 1.54) is 12.1 Å². The predicted molar refractivity (Wildman–Crippen MR) is 116 cm³/mol. The van der Waals surface area contributed by atoms with Crippen LogP contribution in [-0.4, -0.2) is 41.0 Å². The molecule has 0 bridgehead atoms. The van der Waals surface area contributed by atoms with E-state index < -0.39 is 17.5 Å². The molecule has 2 aromatic carbocycles. The molecule has 1 aliphatic heterocycles. The number of piperidine rings is 1. The fourth-order valence-corrected chi connectivity index (χ4v) is 4.46. The molecule has 2 N–H and O–H groups in total. The monoisotopic (exact) mass is 444 g/mol. The second kappa shape index (κ2) is 8.24. The first-order valence-corrected chi connectivity index (χ1v) is 10.9. The maximum Gasteiger partial charge on any atom is 0.227 e. The maximum atomic E-state index is 13.6. The van der Waals surface area contributed by atoms with E-state index in [2.05, 4.69) is 5.32 Å². The zero-order valence-corrected chi connectivity index (χ0v) is 18.2. The van der Waals surface area contributed by atoms with Crippen molar-refractivity contribution in [2.75, 3.05) is 13.1 Å². The lowest BCUT2D eigenvalue weighted by atomic mass is 9.78. The van der Waals surface area contributed by atoms with Crippen molar-refractivity contribution >= 4 is 23.4 Å². The van der Waals surface area contributed by atoms with E-state index in [1.54, 1.807) is 11.0 Å². The molecule has 164 valence electrons. The largest absolute Gasteiger partial charge is 0.388 e. The number of carbonyl (C=O) groups is 2. The summed E-state index contributed by atoms with van der Waals surface area (Å²) in [5.74, 6) is -0.777. The lowest BCUT2D eigenvalue weighted by molar-refractivity contribution is -0.139. The molecular formula is C24H26ClFN2O3. The lowest BCUT2D eigenvalue weighted by Crippen LogP contribution is -2.63. The minimum Gasteiger partial charge on any atom is -0.388 e. The van der Waals surface area contributed by atoms with E-state index in [4.69, 9.17) is 11.6 Å². The van der Waals surface area contributed by atoms with Gasteiger partial charge in [-0.1, -0.05) is 48.9 Å². The summed E-state index contributed by atoms with van der Waals surface area (Å²) in [6.07, 6.45) is 1.07. The molecule has 4 rings (SSSR count). The Morgan fingerprint density at radius 1 is 1.19 bits per heavy atom. The summed E-state index contributed by atoms with van der Waals surface area (Å²) in [6, 6.07) is 13.5. The van der Waals surface area contributed by atoms with Crippen LogP contribution in [0.15, 0.2) is 48.5 Å². The van der Waals surface area contributed by atoms with Crippen molar-refractivity contribution in [1.29, 1.82) is 0 Å². The van der Waals surface area contributed by atoms with Crippen molar-refractivity contribution in [3.8, 4) is 0 Å². The highest BCUT2D eigenvalue weighted by atomic mass is 35.5. The molecule has 0 unspecified atom stereocenters. The van der Waals surface area contributed by atoms with Crippen LogP contribution in [0, 0.1) is 11.2 Å². The summed E-state index contributed by atoms with van der Waals surface area (Å²) in [6.45, 7) is 2.37. The van der Waals surface area contributed by atoms with Gasteiger partial charge in [0.1, 0.15) is 5.82 Å². The molecule has 0 radical (unpaired) electrons. The van der Waals surface area contributed by atoms with Crippen LogP contribution in [0.5, 0.6) is 0 Å². The van der Waals surface area contributed by atoms with Crippen molar-refractivity contribution in [1.82, 2.24) is 10.2 Å². The molecule has 2 atom stereocenters. The molecule has 0 spiro atoms. The van der Waals surface area contributed by atoms with Gasteiger partial charge in [0.05, 0.1) is 18.1 Å². The van der Waals surface area contributed by atoms with Crippen LogP contribution >= 0.6 is 11.6 Å². The number of rotatable bonds is 5. The van der Waals surface area contributed by atoms with Crippen LogP contribution in [0.1, 0.15) is 37.3 Å². The molecule has 7 heteroatoms. The van der Waals surface area contributed by atoms with Crippen LogP contribution < -0.4 is 5.32 Å². The van der Waals surface area contributed by atoms with Gasteiger partial charge in [-0.15, -0.1) is 0 Å². The fourth-order valence-electron chi connectivity index (χ4n) is 4.22. The smallest absolute Gasteiger partial charge is 0.227 e. The minimum atomic E-state index is -0.977. The average Bonchev–Trinajstić information content (AvgIpc) is 3.48. The van der Waals surface area contributed by atoms with Gasteiger partial charge >= 0.3 is 0 Å². The van der Waals surface area contributed by atoms with Crippen molar-refractivity contribution in [2.24, 2.45) is 5.41 Å². The third kappa shape index (κ3) is 4.46. The predicted octanol–water partition coefficient (Wildman–Crippen LogP) is 3.43. The molecule has 1 heterocycles. The number of aliphatic hydroxyl groups is 1. The fraction of sp³-hybridized carbons (Fsp3) is 0.417. The standard InChI is InChI=1S/C24H26ClFN2O3/c1-23(7-8-23)22(31)27-24(17-5-3-2-4-6-17)9-10-28(15-20(24)29)21(30)13-16-11-18(25)14-19(26)12-16/h2-6,11-12,14,20,29H,7-10,13,15H2,1H3,(H,27,31)/t20-,24+/m1/s1. The topological polar surface area (TPSA) is 69.6 Å². The first-order valence-electron chi connectivity index (χ1n) is 10.5. The summed E-state index contributed by atoms with van der Waals surface area (Å²) in [5.41, 5.74) is -0.0305. The SMILES string of the molecule is CC1(C(=O)N[C@]2(c3ccccc3)CCN(C(=O)Cc3cc(F)cc(Cl)c3)C[C@H]2O)CC1. The Morgan fingerprint density at radius 3 is 2.52 bits per heavy atom. The van der Waals surface area contributed by atoms with Gasteiger partial charge in [0.15, 0.2) is 0 Å². The van der Waals surface area contributed by atoms with E-state index in [0.717, 1.165) is 18.4 Å². The third-order valence-corrected chi connectivity index (χ3v) is 6.76. The van der Waals surface area contributed by atoms with Gasteiger partial charge in [0.25, 0.3) is 0 Å². The molecule has 2 aromatic rings. The van der Waals surface area contributed by atoms with Crippen molar-refractivity contribution in [2.45, 2.75) is 44.2 Å². The number of hydrogen-bond acceptors (Lipinski definition) is 3. The molecule has 5 nitrogen and oxygen atoms in total. The van der Waals surface area contributed by atoms with E-state index in [-0.39, 0.29) is 35.2 Å². The molecule has 1 saturated carbocycles. The van der Waals surface area contributed by atoms with Crippen LogP contribution in [0.4, 0.5) is 4.39 Å². The normalized spacial score (nSPS) is 24.5. The molecule has 1 saturated heterocycles. The molecule has 2 fully saturated rings. The van der Waals surface area contributed by atoms with Gasteiger partial charge in [-0.2, -0.15) is 0 Å². The summed E-state index contributed by atoms with van der Waals surface area (Å²) in [7, 11) is 0. The molecule has 2 aliphatic rings. The Labute approximate surface area is 186 Å². The quantitative estimate of drug-likeness (QED) is 0.742. The summed E-state index contributed by atoms with van der Waals surface area (Å²) in [4.78, 5) is 27.3. The van der Waals surface area contributed by atoms with Crippen LogP contribution in [0.2, 0.25) is 5.02 Å². The number of amides is 2. The molecule has 0 aromatic heterocycles. The van der Waals surface area contributed by atoms with E-state index in [1.807, 2.05) is 37.3 Å². The molecule has 31 heavy (non-hydrogen) atoms. The number of nitrogens with zero attached hydrogens (tertiary/aromatic N) is 1. The van der Waals surface area contributed by atoms with Crippen LogP contribution in [0.25, 0.3) is 0 Å². The van der Waals surface area contributed by atoms with Gasteiger partial charge < -0.3 is 15.3 Å². The van der Waals surface area contributed by atoms with Gasteiger partial charge in [-0.3, -0.25) is 9.59 Å². The highest BCUT2D eigenvalue weighted by molar-refractivity contribution is 6.30. The zero-order chi connectivity index (χ0) is 22.2. The molecular weight excluding hydrogens is 419 g/mol. The minimum absolute atomic E-state index is 0.00698. The number of carbonyl (C=O) groups excluding carboxylic acids is 2. The number of β-amino-alcohol motifs (C(OH)–C–C–N with tert-alkyl or cyclic N) is 1. The third-order valence-electron chi connectivity index (χ3n) is 6.54. The second-order valence-corrected chi connectivity index (χ2v) is 9.35. The number of halogens is 2. The summed E-state index contributed by atoms with van der Waals surface area (Å²) >= 11 is 5.89. The second-order valence-electron chi connectivity index (χ2n) is 8.91. The van der Waals surface area contributed by atoms with Gasteiger partial charge in [-0.05, 0) is 48.6 Å². The van der Waals surface area contributed by atoms with E-state index in [0.29, 0.717) is 18.5 Å². The van der Waals surface area contributed by atoms with E-state index >= 15 is 0 Å². The highest BCUT2D eigenvalue weighted by Gasteiger charge is 2.51. The average molecular weight is 445 g/mol. The van der Waals surface area contributed by atoms with Gasteiger partial charge in [0, 0.05) is 23.5 Å². The lowest BCUT2D eigenvalue weighted by Gasteiger charge is -2.46. The Kier molecular flexibility index (Phi) is 5.79. The number of benzene rings is 2. The zero-order valence-electron chi connectivity index (χ0n) is 17.4. The molecule has 2 amide bonds. The van der Waals surface area contributed by atoms with Crippen molar-refractivity contribution in [3.05, 3.63) is 70.5 Å². The van der Waals surface area contributed by atoms with Crippen molar-refractivity contribution in [3.63, 3.8) is 0 Å². The molecule has 1 aliphatic carbocycles. The Morgan fingerprint density at radius 2 is 1.90 bits per heavy atom. The van der Waals surface area contributed by atoms with Gasteiger partial charge in [-0.25, -0.2) is 4.39 Å². The maximum absolute atomic E-state index is 13.6. The number of aliphatic hydroxyl groups excluding tert-OH is 1. The number of likely N-dealkylation sites (tertiary alicyclic amines) is 1. The van der Waals surface area contributed by atoms with Crippen LogP contribution in [-0.2, 0) is 21.5 Å². The first-order chi connectivity index (χ1) is 14.7. The van der Waals surface area contributed by atoms with Crippen LogP contribution in [0.3, 0.4) is 0 Å². The van der Waals surface area contributed by atoms with E-state index in [9.17, 15) is 19.1 Å². The summed E-state index contributed by atoms with van der Waals surface area (Å²) < 4.78 is 13.6. The van der Waals surface area contributed by atoms with Gasteiger partial charge in [0.2, 0.25) is 11.8 Å². The summed E-state index contributed by atoms with van der Waals surface area (Å²) in [5, 5.41) is 14.6. The Balaban J connectivity index is 1.53. The Hall–Kier alpha value is -2.44. The Bertz CT molecular complexity index is 975. The number of hydrogen-bond donors (Lipinski definition) is 2. The highest BCUT2D eigenvalue weighted by Crippen LogP contribution is 2.46. The van der Waals surface area contributed by atoms with Crippen molar-refractivity contribution < 1.29 is 19.1 Å². The first kappa shape index (κ1) is 21.8. The number of nitrogens with one attached hydrogen (secondary N) is 1.